The maximum atomic E-state index is 6.55. The molecule has 0 bridgehead atoms. The predicted molar refractivity (Wildman–Crippen MR) is 84.5 cm³/mol. The molecule has 0 saturated heterocycles. The minimum absolute atomic E-state index is 0.241. The molecule has 2 heteroatoms. The Kier molecular flexibility index (Phi) is 4.49. The van der Waals surface area contributed by atoms with Crippen molar-refractivity contribution in [3.63, 3.8) is 0 Å². The lowest BCUT2D eigenvalue weighted by molar-refractivity contribution is 0.605. The zero-order valence-electron chi connectivity index (χ0n) is 11.7. The van der Waals surface area contributed by atoms with Gasteiger partial charge in [-0.15, -0.1) is 0 Å². The summed E-state index contributed by atoms with van der Waals surface area (Å²) in [5.41, 5.74) is 9.45. The molecule has 2 N–H and O–H groups in total. The summed E-state index contributed by atoms with van der Waals surface area (Å²) in [5.74, 6) is 2.30. The topological polar surface area (TPSA) is 26.0 Å². The molecule has 1 nitrogen and oxygen atoms in total. The average molecular weight is 275 g/mol. The zero-order valence-corrected chi connectivity index (χ0v) is 12.5. The summed E-state index contributed by atoms with van der Waals surface area (Å²) in [4.78, 5) is 0. The van der Waals surface area contributed by atoms with E-state index in [4.69, 9.17) is 5.73 Å². The van der Waals surface area contributed by atoms with Gasteiger partial charge >= 0.3 is 0 Å². The number of hydrogen-bond acceptors (Lipinski definition) is 2. The maximum Gasteiger partial charge on any atom is 0.0418 e. The van der Waals surface area contributed by atoms with Crippen LogP contribution in [0.3, 0.4) is 0 Å². The molecule has 104 valence electrons. The van der Waals surface area contributed by atoms with Gasteiger partial charge in [0.25, 0.3) is 0 Å². The van der Waals surface area contributed by atoms with Gasteiger partial charge in [0.1, 0.15) is 0 Å². The first kappa shape index (κ1) is 13.5. The Balaban J connectivity index is 1.65. The third kappa shape index (κ3) is 3.17. The summed E-state index contributed by atoms with van der Waals surface area (Å²) in [5, 5.41) is 0.629. The first-order valence-corrected chi connectivity index (χ1v) is 8.84. The van der Waals surface area contributed by atoms with Gasteiger partial charge in [0.15, 0.2) is 0 Å². The number of hydrogen-bond donors (Lipinski definition) is 1. The molecular weight excluding hydrogens is 250 g/mol. The summed E-state index contributed by atoms with van der Waals surface area (Å²) in [6.45, 7) is 0. The highest BCUT2D eigenvalue weighted by molar-refractivity contribution is 7.99. The summed E-state index contributed by atoms with van der Waals surface area (Å²) in [6, 6.07) is 9.04. The number of thioether (sulfide) groups is 1. The van der Waals surface area contributed by atoms with Gasteiger partial charge in [-0.3, -0.25) is 0 Å². The lowest BCUT2D eigenvalue weighted by Crippen LogP contribution is -2.24. The Morgan fingerprint density at radius 1 is 1.05 bits per heavy atom. The van der Waals surface area contributed by atoms with E-state index in [9.17, 15) is 0 Å². The molecule has 19 heavy (non-hydrogen) atoms. The fourth-order valence-corrected chi connectivity index (χ4v) is 5.12. The van der Waals surface area contributed by atoms with Gasteiger partial charge in [0.05, 0.1) is 0 Å². The molecule has 1 saturated carbocycles. The molecule has 2 unspecified atom stereocenters. The van der Waals surface area contributed by atoms with E-state index < -0.39 is 0 Å². The Hall–Kier alpha value is -0.470. The van der Waals surface area contributed by atoms with Gasteiger partial charge in [-0.2, -0.15) is 11.8 Å². The summed E-state index contributed by atoms with van der Waals surface area (Å²) in [7, 11) is 0. The van der Waals surface area contributed by atoms with Crippen LogP contribution in [-0.4, -0.2) is 11.0 Å². The van der Waals surface area contributed by atoms with Crippen LogP contribution in [0, 0.1) is 5.92 Å². The van der Waals surface area contributed by atoms with Crippen molar-refractivity contribution in [3.8, 4) is 0 Å². The van der Waals surface area contributed by atoms with Crippen molar-refractivity contribution < 1.29 is 0 Å². The van der Waals surface area contributed by atoms with E-state index in [2.05, 4.69) is 36.0 Å². The smallest absolute Gasteiger partial charge is 0.0418 e. The molecule has 2 aliphatic rings. The van der Waals surface area contributed by atoms with Crippen molar-refractivity contribution in [1.29, 1.82) is 0 Å². The molecule has 0 radical (unpaired) electrons. The van der Waals surface area contributed by atoms with Crippen LogP contribution in [0.25, 0.3) is 0 Å². The van der Waals surface area contributed by atoms with Crippen LogP contribution in [0.15, 0.2) is 24.3 Å². The summed E-state index contributed by atoms with van der Waals surface area (Å²) in [6.07, 6.45) is 9.59. The van der Waals surface area contributed by atoms with E-state index in [0.717, 1.165) is 5.92 Å². The first-order chi connectivity index (χ1) is 9.34. The standard InChI is InChI=1S/C17H25NS/c18-17-15-10-4-3-8-14(15)9-5-11-16(17)19-12-13-6-1-2-7-13/h3-4,8,10,13,16-17H,1-2,5-7,9,11-12,18H2. The van der Waals surface area contributed by atoms with E-state index in [1.165, 1.54) is 61.8 Å². The molecular formula is C17H25NS. The third-order valence-electron chi connectivity index (χ3n) is 4.77. The molecule has 0 amide bonds. The number of nitrogens with two attached hydrogens (primary N) is 1. The van der Waals surface area contributed by atoms with Crippen LogP contribution in [0.4, 0.5) is 0 Å². The lowest BCUT2D eigenvalue weighted by Gasteiger charge is -2.23. The highest BCUT2D eigenvalue weighted by Gasteiger charge is 2.26. The van der Waals surface area contributed by atoms with Crippen molar-refractivity contribution in [2.24, 2.45) is 11.7 Å². The quantitative estimate of drug-likeness (QED) is 0.832. The average Bonchev–Trinajstić information content (AvgIpc) is 2.90. The van der Waals surface area contributed by atoms with Crippen LogP contribution in [0.2, 0.25) is 0 Å². The zero-order chi connectivity index (χ0) is 13.1. The monoisotopic (exact) mass is 275 g/mol. The third-order valence-corrected chi connectivity index (χ3v) is 6.39. The highest BCUT2D eigenvalue weighted by Crippen LogP contribution is 2.37. The molecule has 1 aromatic rings. The van der Waals surface area contributed by atoms with Crippen molar-refractivity contribution in [2.75, 3.05) is 5.75 Å². The number of rotatable bonds is 3. The first-order valence-electron chi connectivity index (χ1n) is 7.79. The minimum Gasteiger partial charge on any atom is -0.323 e. The van der Waals surface area contributed by atoms with Gasteiger partial charge in [-0.1, -0.05) is 37.1 Å². The van der Waals surface area contributed by atoms with E-state index in [1.54, 1.807) is 0 Å². The Morgan fingerprint density at radius 2 is 1.84 bits per heavy atom. The van der Waals surface area contributed by atoms with Crippen LogP contribution in [0.1, 0.15) is 55.7 Å². The fourth-order valence-electron chi connectivity index (χ4n) is 3.58. The predicted octanol–water partition coefficient (Wildman–Crippen LogP) is 4.31. The van der Waals surface area contributed by atoms with E-state index in [0.29, 0.717) is 5.25 Å². The number of aryl methyl sites for hydroxylation is 1. The highest BCUT2D eigenvalue weighted by atomic mass is 32.2. The van der Waals surface area contributed by atoms with Crippen molar-refractivity contribution in [1.82, 2.24) is 0 Å². The molecule has 0 aromatic heterocycles. The van der Waals surface area contributed by atoms with Crippen LogP contribution < -0.4 is 5.73 Å². The second-order valence-electron chi connectivity index (χ2n) is 6.14. The van der Waals surface area contributed by atoms with Crippen molar-refractivity contribution in [2.45, 2.75) is 56.2 Å². The Morgan fingerprint density at radius 3 is 2.68 bits per heavy atom. The number of benzene rings is 1. The second-order valence-corrected chi connectivity index (χ2v) is 7.41. The molecule has 0 aliphatic heterocycles. The van der Waals surface area contributed by atoms with Gasteiger partial charge in [-0.05, 0) is 54.9 Å². The summed E-state index contributed by atoms with van der Waals surface area (Å²) >= 11 is 2.15. The van der Waals surface area contributed by atoms with Gasteiger partial charge in [0, 0.05) is 11.3 Å². The second kappa shape index (κ2) is 6.32. The van der Waals surface area contributed by atoms with Crippen LogP contribution in [-0.2, 0) is 6.42 Å². The normalized spacial score (nSPS) is 28.1. The van der Waals surface area contributed by atoms with Gasteiger partial charge < -0.3 is 5.73 Å². The maximum absolute atomic E-state index is 6.55. The van der Waals surface area contributed by atoms with E-state index in [-0.39, 0.29) is 6.04 Å². The molecule has 0 heterocycles. The van der Waals surface area contributed by atoms with Gasteiger partial charge in [-0.25, -0.2) is 0 Å². The largest absolute Gasteiger partial charge is 0.323 e. The van der Waals surface area contributed by atoms with Crippen molar-refractivity contribution in [3.05, 3.63) is 35.4 Å². The molecule has 0 spiro atoms. The lowest BCUT2D eigenvalue weighted by atomic mass is 10.00. The molecule has 2 aliphatic carbocycles. The van der Waals surface area contributed by atoms with E-state index >= 15 is 0 Å². The summed E-state index contributed by atoms with van der Waals surface area (Å²) < 4.78 is 0. The Bertz CT molecular complexity index is 411. The fraction of sp³-hybridized carbons (Fsp3) is 0.647. The number of fused-ring (bicyclic) bond motifs is 1. The molecule has 3 rings (SSSR count). The Labute approximate surface area is 121 Å². The molecule has 1 aromatic carbocycles. The van der Waals surface area contributed by atoms with Gasteiger partial charge in [0.2, 0.25) is 0 Å². The van der Waals surface area contributed by atoms with Crippen molar-refractivity contribution >= 4 is 11.8 Å². The molecule has 1 fully saturated rings. The minimum atomic E-state index is 0.241. The van der Waals surface area contributed by atoms with Crippen LogP contribution in [0.5, 0.6) is 0 Å². The molecule has 2 atom stereocenters. The SMILES string of the molecule is NC1c2ccccc2CCCC1SCC1CCCC1. The van der Waals surface area contributed by atoms with E-state index in [1.807, 2.05) is 0 Å². The van der Waals surface area contributed by atoms with Crippen LogP contribution >= 0.6 is 11.8 Å².